The van der Waals surface area contributed by atoms with Gasteiger partial charge in [0.05, 0.1) is 10.6 Å². The number of nitrogens with one attached hydrogen (secondary N) is 1. The lowest BCUT2D eigenvalue weighted by molar-refractivity contribution is 0.0724. The Morgan fingerprint density at radius 2 is 1.82 bits per heavy atom. The van der Waals surface area contributed by atoms with Crippen LogP contribution in [0, 0.1) is 0 Å². The number of carbonyl (C=O) groups is 1. The van der Waals surface area contributed by atoms with E-state index in [9.17, 15) is 4.79 Å². The van der Waals surface area contributed by atoms with Crippen LogP contribution in [0.1, 0.15) is 55.3 Å². The number of hydrogen-bond acceptors (Lipinski definition) is 5. The number of piperidine rings is 1. The van der Waals surface area contributed by atoms with Crippen LogP contribution in [0.5, 0.6) is 0 Å². The van der Waals surface area contributed by atoms with Crippen LogP contribution in [0.25, 0.3) is 0 Å². The number of likely N-dealkylation sites (tertiary alicyclic amines) is 1. The zero-order chi connectivity index (χ0) is 19.4. The van der Waals surface area contributed by atoms with Crippen molar-refractivity contribution in [1.29, 1.82) is 0 Å². The first-order valence-electron chi connectivity index (χ1n) is 10.7. The van der Waals surface area contributed by atoms with Crippen LogP contribution in [-0.2, 0) is 0 Å². The highest BCUT2D eigenvalue weighted by Crippen LogP contribution is 2.37. The number of thioether (sulfide) groups is 1. The number of nitrogens with zero attached hydrogens (tertiary/aromatic N) is 3. The van der Waals surface area contributed by atoms with E-state index in [1.165, 1.54) is 56.7 Å². The van der Waals surface area contributed by atoms with Gasteiger partial charge in [0.15, 0.2) is 0 Å². The van der Waals surface area contributed by atoms with Gasteiger partial charge in [0, 0.05) is 56.0 Å². The molecule has 1 aliphatic carbocycles. The van der Waals surface area contributed by atoms with Gasteiger partial charge >= 0.3 is 0 Å². The maximum Gasteiger partial charge on any atom is 0.255 e. The first-order valence-corrected chi connectivity index (χ1v) is 12.2. The van der Waals surface area contributed by atoms with Crippen LogP contribution >= 0.6 is 23.4 Å². The fraction of sp³-hybridized carbons (Fsp3) is 0.714. The second-order valence-electron chi connectivity index (χ2n) is 8.29. The molecule has 3 aliphatic rings. The van der Waals surface area contributed by atoms with Crippen LogP contribution in [0.3, 0.4) is 0 Å². The van der Waals surface area contributed by atoms with Gasteiger partial charge in [0.2, 0.25) is 0 Å². The number of hydrogen-bond donors (Lipinski definition) is 1. The van der Waals surface area contributed by atoms with E-state index in [2.05, 4.69) is 27.0 Å². The van der Waals surface area contributed by atoms with E-state index < -0.39 is 0 Å². The number of aromatic nitrogens is 1. The molecule has 1 aromatic rings. The summed E-state index contributed by atoms with van der Waals surface area (Å²) in [5.41, 5.74) is 0.829. The Labute approximate surface area is 177 Å². The molecular weight excluding hydrogens is 392 g/mol. The average molecular weight is 423 g/mol. The van der Waals surface area contributed by atoms with Crippen molar-refractivity contribution in [3.05, 3.63) is 22.8 Å². The van der Waals surface area contributed by atoms with E-state index in [0.29, 0.717) is 16.4 Å². The van der Waals surface area contributed by atoms with Crippen molar-refractivity contribution in [1.82, 2.24) is 14.8 Å². The molecule has 0 bridgehead atoms. The number of rotatable bonds is 5. The molecule has 0 radical (unpaired) electrons. The molecule has 1 N–H and O–H groups in total. The second kappa shape index (κ2) is 9.23. The summed E-state index contributed by atoms with van der Waals surface area (Å²) in [5.74, 6) is 3.22. The first-order chi connectivity index (χ1) is 13.7. The van der Waals surface area contributed by atoms with E-state index in [1.54, 1.807) is 12.3 Å². The van der Waals surface area contributed by atoms with Crippen molar-refractivity contribution in [3.8, 4) is 0 Å². The van der Waals surface area contributed by atoms with Crippen LogP contribution < -0.4 is 5.32 Å². The third kappa shape index (κ3) is 4.44. The average Bonchev–Trinajstić information content (AvgIpc) is 3.24. The summed E-state index contributed by atoms with van der Waals surface area (Å²) in [6.45, 7) is 4.91. The summed E-state index contributed by atoms with van der Waals surface area (Å²) >= 11 is 8.57. The van der Waals surface area contributed by atoms with Gasteiger partial charge in [-0.3, -0.25) is 9.69 Å². The molecule has 2 aliphatic heterocycles. The summed E-state index contributed by atoms with van der Waals surface area (Å²) < 4.78 is 0. The molecule has 1 amide bonds. The van der Waals surface area contributed by atoms with Gasteiger partial charge in [-0.05, 0) is 38.2 Å². The van der Waals surface area contributed by atoms with Crippen LogP contribution in [0.15, 0.2) is 12.3 Å². The molecule has 3 fully saturated rings. The Morgan fingerprint density at radius 1 is 1.11 bits per heavy atom. The summed E-state index contributed by atoms with van der Waals surface area (Å²) in [5, 5.41) is 4.07. The standard InChI is InChI=1S/C21H31ClN4OS/c22-18-14-17(20(27)25-8-4-1-5-9-25)15-23-19(18)24-16-21(6-2-3-7-21)26-10-12-28-13-11-26/h14-15H,1-13,16H2,(H,23,24). The number of halogens is 1. The molecule has 0 spiro atoms. The molecule has 4 rings (SSSR count). The quantitative estimate of drug-likeness (QED) is 0.772. The largest absolute Gasteiger partial charge is 0.367 e. The summed E-state index contributed by atoms with van der Waals surface area (Å²) in [6.07, 6.45) is 10.2. The Kier molecular flexibility index (Phi) is 6.69. The van der Waals surface area contributed by atoms with E-state index in [0.717, 1.165) is 32.5 Å². The molecule has 28 heavy (non-hydrogen) atoms. The molecule has 2 saturated heterocycles. The molecule has 1 aromatic heterocycles. The van der Waals surface area contributed by atoms with Gasteiger partial charge in [-0.25, -0.2) is 4.98 Å². The minimum atomic E-state index is 0.0544. The molecule has 0 aromatic carbocycles. The normalized spacial score (nSPS) is 23.0. The topological polar surface area (TPSA) is 48.5 Å². The van der Waals surface area contributed by atoms with Crippen molar-refractivity contribution in [2.24, 2.45) is 0 Å². The van der Waals surface area contributed by atoms with Crippen LogP contribution in [-0.4, -0.2) is 70.5 Å². The maximum absolute atomic E-state index is 12.7. The van der Waals surface area contributed by atoms with Crippen molar-refractivity contribution >= 4 is 35.1 Å². The van der Waals surface area contributed by atoms with Crippen LogP contribution in [0.4, 0.5) is 5.82 Å². The molecule has 0 unspecified atom stereocenters. The van der Waals surface area contributed by atoms with Gasteiger partial charge < -0.3 is 10.2 Å². The highest BCUT2D eigenvalue weighted by Gasteiger charge is 2.40. The molecular formula is C21H31ClN4OS. The fourth-order valence-corrected chi connectivity index (χ4v) is 6.02. The Bertz CT molecular complexity index is 683. The zero-order valence-corrected chi connectivity index (χ0v) is 18.2. The third-order valence-electron chi connectivity index (χ3n) is 6.53. The SMILES string of the molecule is O=C(c1cnc(NCC2(N3CCSCC3)CCCC2)c(Cl)c1)N1CCCCC1. The molecule has 154 valence electrons. The van der Waals surface area contributed by atoms with Gasteiger partial charge in [0.1, 0.15) is 5.82 Å². The van der Waals surface area contributed by atoms with Crippen molar-refractivity contribution in [2.75, 3.05) is 49.5 Å². The maximum atomic E-state index is 12.7. The van der Waals surface area contributed by atoms with Crippen molar-refractivity contribution in [3.63, 3.8) is 0 Å². The van der Waals surface area contributed by atoms with Gasteiger partial charge in [-0.1, -0.05) is 24.4 Å². The lowest BCUT2D eigenvalue weighted by Gasteiger charge is -2.43. The smallest absolute Gasteiger partial charge is 0.255 e. The van der Waals surface area contributed by atoms with E-state index >= 15 is 0 Å². The Morgan fingerprint density at radius 3 is 2.50 bits per heavy atom. The minimum absolute atomic E-state index is 0.0544. The molecule has 0 atom stereocenters. The van der Waals surface area contributed by atoms with E-state index in [4.69, 9.17) is 11.6 Å². The molecule has 3 heterocycles. The molecule has 7 heteroatoms. The summed E-state index contributed by atoms with van der Waals surface area (Å²) in [6, 6.07) is 1.78. The number of amides is 1. The van der Waals surface area contributed by atoms with Crippen molar-refractivity contribution in [2.45, 2.75) is 50.5 Å². The van der Waals surface area contributed by atoms with Gasteiger partial charge in [-0.2, -0.15) is 11.8 Å². The molecule has 5 nitrogen and oxygen atoms in total. The number of carbonyl (C=O) groups excluding carboxylic acids is 1. The summed E-state index contributed by atoms with van der Waals surface area (Å²) in [4.78, 5) is 21.8. The van der Waals surface area contributed by atoms with Crippen LogP contribution in [0.2, 0.25) is 5.02 Å². The van der Waals surface area contributed by atoms with Crippen molar-refractivity contribution < 1.29 is 4.79 Å². The zero-order valence-electron chi connectivity index (χ0n) is 16.6. The van der Waals surface area contributed by atoms with Gasteiger partial charge in [-0.15, -0.1) is 0 Å². The number of anilines is 1. The van der Waals surface area contributed by atoms with E-state index in [1.807, 2.05) is 4.90 Å². The predicted molar refractivity (Wildman–Crippen MR) is 118 cm³/mol. The second-order valence-corrected chi connectivity index (χ2v) is 9.92. The lowest BCUT2D eigenvalue weighted by atomic mass is 9.94. The highest BCUT2D eigenvalue weighted by molar-refractivity contribution is 7.99. The lowest BCUT2D eigenvalue weighted by Crippen LogP contribution is -2.54. The van der Waals surface area contributed by atoms with E-state index in [-0.39, 0.29) is 11.4 Å². The summed E-state index contributed by atoms with van der Waals surface area (Å²) in [7, 11) is 0. The highest BCUT2D eigenvalue weighted by atomic mass is 35.5. The molecule has 1 saturated carbocycles. The van der Waals surface area contributed by atoms with Gasteiger partial charge in [0.25, 0.3) is 5.91 Å². The number of pyridine rings is 1. The first kappa shape index (κ1) is 20.3. The fourth-order valence-electron chi connectivity index (χ4n) is 4.89. The Hall–Kier alpha value is -0.980. The minimum Gasteiger partial charge on any atom is -0.367 e. The third-order valence-corrected chi connectivity index (χ3v) is 7.76. The predicted octanol–water partition coefficient (Wildman–Crippen LogP) is 4.13. The Balaban J connectivity index is 1.42. The monoisotopic (exact) mass is 422 g/mol.